The van der Waals surface area contributed by atoms with E-state index >= 15 is 0 Å². The Kier molecular flexibility index (Phi) is 4.03. The van der Waals surface area contributed by atoms with Gasteiger partial charge >= 0.3 is 5.97 Å². The first kappa shape index (κ1) is 12.2. The Morgan fingerprint density at radius 3 is 2.94 bits per heavy atom. The largest absolute Gasteiger partial charge is 0.481 e. The molecule has 0 radical (unpaired) electrons. The first-order valence-electron chi connectivity index (χ1n) is 4.90. The van der Waals surface area contributed by atoms with Crippen LogP contribution in [0.1, 0.15) is 12.8 Å². The summed E-state index contributed by atoms with van der Waals surface area (Å²) in [6.45, 7) is 0.359. The molecule has 86 valence electrons. The zero-order chi connectivity index (χ0) is 12.1. The van der Waals surface area contributed by atoms with Gasteiger partial charge in [-0.2, -0.15) is 5.26 Å². The Labute approximate surface area is 92.9 Å². The minimum absolute atomic E-state index is 0.0861. The molecule has 0 saturated carbocycles. The van der Waals surface area contributed by atoms with Crippen molar-refractivity contribution >= 4 is 11.9 Å². The normalized spacial score (nSPS) is 20.5. The van der Waals surface area contributed by atoms with Crippen LogP contribution in [0.15, 0.2) is 12.2 Å². The molecule has 1 amide bonds. The highest BCUT2D eigenvalue weighted by atomic mass is 16.4. The predicted molar refractivity (Wildman–Crippen MR) is 55.1 cm³/mol. The second-order valence-corrected chi connectivity index (χ2v) is 3.53. The van der Waals surface area contributed by atoms with Crippen molar-refractivity contribution in [3.05, 3.63) is 12.2 Å². The maximum absolute atomic E-state index is 11.7. The molecule has 1 rings (SSSR count). The van der Waals surface area contributed by atoms with E-state index in [2.05, 4.69) is 0 Å². The van der Waals surface area contributed by atoms with E-state index in [-0.39, 0.29) is 18.7 Å². The van der Waals surface area contributed by atoms with Crippen molar-refractivity contribution in [3.63, 3.8) is 0 Å². The summed E-state index contributed by atoms with van der Waals surface area (Å²) in [5, 5.41) is 17.2. The summed E-state index contributed by atoms with van der Waals surface area (Å²) in [6, 6.07) is 0.526. The van der Waals surface area contributed by atoms with Gasteiger partial charge in [0, 0.05) is 13.0 Å². The third-order valence-electron chi connectivity index (χ3n) is 2.36. The molecular formula is C10H13N3O3. The van der Waals surface area contributed by atoms with Gasteiger partial charge in [-0.3, -0.25) is 9.59 Å². The molecule has 6 heteroatoms. The summed E-state index contributed by atoms with van der Waals surface area (Å²) in [4.78, 5) is 23.4. The van der Waals surface area contributed by atoms with Crippen LogP contribution in [0.3, 0.4) is 0 Å². The molecular weight excluding hydrogens is 210 g/mol. The van der Waals surface area contributed by atoms with Crippen LogP contribution < -0.4 is 5.73 Å². The Hall–Kier alpha value is -1.87. The summed E-state index contributed by atoms with van der Waals surface area (Å²) >= 11 is 0. The predicted octanol–water partition coefficient (Wildman–Crippen LogP) is -0.531. The van der Waals surface area contributed by atoms with Crippen LogP contribution in [-0.2, 0) is 9.59 Å². The fraction of sp³-hybridized carbons (Fsp3) is 0.500. The number of carboxylic acid groups (broad SMARTS) is 1. The topological polar surface area (TPSA) is 107 Å². The second-order valence-electron chi connectivity index (χ2n) is 3.53. The summed E-state index contributed by atoms with van der Waals surface area (Å²) in [7, 11) is 0. The third-order valence-corrected chi connectivity index (χ3v) is 2.36. The highest BCUT2D eigenvalue weighted by Crippen LogP contribution is 2.11. The lowest BCUT2D eigenvalue weighted by molar-refractivity contribution is -0.137. The van der Waals surface area contributed by atoms with E-state index in [1.807, 2.05) is 6.07 Å². The van der Waals surface area contributed by atoms with Gasteiger partial charge in [-0.25, -0.2) is 0 Å². The number of amides is 1. The maximum Gasteiger partial charge on any atom is 0.303 e. The second kappa shape index (κ2) is 5.28. The van der Waals surface area contributed by atoms with Crippen molar-refractivity contribution in [2.24, 2.45) is 5.73 Å². The molecule has 6 nitrogen and oxygen atoms in total. The third kappa shape index (κ3) is 2.81. The molecule has 0 aromatic carbocycles. The molecule has 2 unspecified atom stereocenters. The fourth-order valence-electron chi connectivity index (χ4n) is 1.48. The van der Waals surface area contributed by atoms with Gasteiger partial charge in [-0.1, -0.05) is 6.08 Å². The van der Waals surface area contributed by atoms with Crippen molar-refractivity contribution in [1.82, 2.24) is 4.90 Å². The summed E-state index contributed by atoms with van der Waals surface area (Å²) < 4.78 is 0. The number of rotatable bonds is 4. The van der Waals surface area contributed by atoms with Gasteiger partial charge in [0.25, 0.3) is 0 Å². The van der Waals surface area contributed by atoms with Gasteiger partial charge < -0.3 is 15.7 Å². The molecule has 1 heterocycles. The van der Waals surface area contributed by atoms with Gasteiger partial charge in [-0.05, 0) is 12.5 Å². The van der Waals surface area contributed by atoms with Gasteiger partial charge in [-0.15, -0.1) is 0 Å². The summed E-state index contributed by atoms with van der Waals surface area (Å²) in [5.74, 6) is -1.36. The van der Waals surface area contributed by atoms with E-state index in [1.54, 1.807) is 12.2 Å². The SMILES string of the molecule is N#CC1C=CCN1C(=O)C(N)CCC(=O)O. The Morgan fingerprint density at radius 1 is 1.69 bits per heavy atom. The van der Waals surface area contributed by atoms with Gasteiger partial charge in [0.2, 0.25) is 5.91 Å². The molecule has 16 heavy (non-hydrogen) atoms. The number of nitrogens with two attached hydrogens (primary N) is 1. The molecule has 2 atom stereocenters. The highest BCUT2D eigenvalue weighted by Gasteiger charge is 2.28. The monoisotopic (exact) mass is 223 g/mol. The molecule has 0 saturated heterocycles. The smallest absolute Gasteiger partial charge is 0.303 e. The lowest BCUT2D eigenvalue weighted by atomic mass is 10.1. The van der Waals surface area contributed by atoms with Crippen molar-refractivity contribution in [2.75, 3.05) is 6.54 Å². The zero-order valence-electron chi connectivity index (χ0n) is 8.67. The first-order valence-corrected chi connectivity index (χ1v) is 4.90. The molecule has 1 aliphatic rings. The van der Waals surface area contributed by atoms with Gasteiger partial charge in [0.1, 0.15) is 6.04 Å². The standard InChI is InChI=1S/C10H13N3O3/c11-6-7-2-1-5-13(7)10(16)8(12)3-4-9(14)15/h1-2,7-8H,3-5,12H2,(H,14,15). The number of aliphatic carboxylic acids is 1. The summed E-state index contributed by atoms with van der Waals surface area (Å²) in [6.07, 6.45) is 3.28. The Bertz CT molecular complexity index is 359. The lowest BCUT2D eigenvalue weighted by Gasteiger charge is -2.22. The van der Waals surface area contributed by atoms with Crippen LogP contribution in [0.25, 0.3) is 0 Å². The number of hydrogen-bond acceptors (Lipinski definition) is 4. The van der Waals surface area contributed by atoms with Gasteiger partial charge in [0.05, 0.1) is 12.1 Å². The van der Waals surface area contributed by atoms with Crippen molar-refractivity contribution in [3.8, 4) is 6.07 Å². The number of carbonyl (C=O) groups excluding carboxylic acids is 1. The average Bonchev–Trinajstić information content (AvgIpc) is 2.72. The Balaban J connectivity index is 2.51. The van der Waals surface area contributed by atoms with E-state index in [4.69, 9.17) is 16.1 Å². The maximum atomic E-state index is 11.7. The quantitative estimate of drug-likeness (QED) is 0.623. The van der Waals surface area contributed by atoms with Crippen LogP contribution >= 0.6 is 0 Å². The van der Waals surface area contributed by atoms with Crippen LogP contribution in [0.2, 0.25) is 0 Å². The molecule has 0 aromatic rings. The fourth-order valence-corrected chi connectivity index (χ4v) is 1.48. The van der Waals surface area contributed by atoms with E-state index < -0.39 is 18.1 Å². The zero-order valence-corrected chi connectivity index (χ0v) is 8.67. The number of hydrogen-bond donors (Lipinski definition) is 2. The van der Waals surface area contributed by atoms with Crippen LogP contribution in [0.4, 0.5) is 0 Å². The first-order chi connectivity index (χ1) is 7.56. The van der Waals surface area contributed by atoms with Crippen LogP contribution in [-0.4, -0.2) is 40.5 Å². The van der Waals surface area contributed by atoms with E-state index in [9.17, 15) is 9.59 Å². The van der Waals surface area contributed by atoms with Crippen molar-refractivity contribution in [1.29, 1.82) is 5.26 Å². The van der Waals surface area contributed by atoms with Crippen LogP contribution in [0.5, 0.6) is 0 Å². The van der Waals surface area contributed by atoms with E-state index in [0.29, 0.717) is 6.54 Å². The summed E-state index contributed by atoms with van der Waals surface area (Å²) in [5.41, 5.74) is 5.57. The van der Waals surface area contributed by atoms with Gasteiger partial charge in [0.15, 0.2) is 0 Å². The molecule has 0 aliphatic carbocycles. The highest BCUT2D eigenvalue weighted by molar-refractivity contribution is 5.83. The lowest BCUT2D eigenvalue weighted by Crippen LogP contribution is -2.46. The number of nitriles is 1. The number of carboxylic acids is 1. The molecule has 0 bridgehead atoms. The molecule has 0 fully saturated rings. The minimum Gasteiger partial charge on any atom is -0.481 e. The molecule has 0 spiro atoms. The number of carbonyl (C=O) groups is 2. The minimum atomic E-state index is -0.986. The van der Waals surface area contributed by atoms with Crippen LogP contribution in [0, 0.1) is 11.3 Å². The Morgan fingerprint density at radius 2 is 2.38 bits per heavy atom. The molecule has 1 aliphatic heterocycles. The average molecular weight is 223 g/mol. The van der Waals surface area contributed by atoms with E-state index in [1.165, 1.54) is 4.90 Å². The van der Waals surface area contributed by atoms with E-state index in [0.717, 1.165) is 0 Å². The molecule has 0 aromatic heterocycles. The van der Waals surface area contributed by atoms with Crippen molar-refractivity contribution in [2.45, 2.75) is 24.9 Å². The molecule has 3 N–H and O–H groups in total. The van der Waals surface area contributed by atoms with Crippen molar-refractivity contribution < 1.29 is 14.7 Å². The number of nitrogens with zero attached hydrogens (tertiary/aromatic N) is 2.